The van der Waals surface area contributed by atoms with E-state index in [-0.39, 0.29) is 0 Å². The van der Waals surface area contributed by atoms with Crippen LogP contribution in [0.5, 0.6) is 5.75 Å². The molecule has 2 rings (SSSR count). The second-order valence-electron chi connectivity index (χ2n) is 4.98. The molecule has 2 unspecified atom stereocenters. The quantitative estimate of drug-likeness (QED) is 0.861. The number of methoxy groups -OCH3 is 1. The van der Waals surface area contributed by atoms with Crippen LogP contribution in [0.15, 0.2) is 18.2 Å². The van der Waals surface area contributed by atoms with Gasteiger partial charge in [0.25, 0.3) is 0 Å². The van der Waals surface area contributed by atoms with Crippen molar-refractivity contribution < 1.29 is 14.6 Å². The van der Waals surface area contributed by atoms with Gasteiger partial charge in [0.2, 0.25) is 0 Å². The fourth-order valence-electron chi connectivity index (χ4n) is 2.51. The standard InChI is InChI=1S/C14H19NO3/c1-9-3-4-10(7-9)15-13-8-11(18-2)5-6-12(13)14(16)17/h5-6,8-10,15H,3-4,7H2,1-2H3,(H,16,17). The number of anilines is 1. The van der Waals surface area contributed by atoms with Gasteiger partial charge in [0.1, 0.15) is 5.75 Å². The van der Waals surface area contributed by atoms with E-state index < -0.39 is 5.97 Å². The van der Waals surface area contributed by atoms with Crippen molar-refractivity contribution >= 4 is 11.7 Å². The Morgan fingerprint density at radius 3 is 2.78 bits per heavy atom. The Bertz CT molecular complexity index is 445. The number of carboxylic acid groups (broad SMARTS) is 1. The number of carboxylic acids is 1. The van der Waals surface area contributed by atoms with E-state index >= 15 is 0 Å². The molecular weight excluding hydrogens is 230 g/mol. The second kappa shape index (κ2) is 5.29. The van der Waals surface area contributed by atoms with Gasteiger partial charge in [-0.1, -0.05) is 6.92 Å². The Hall–Kier alpha value is -1.71. The van der Waals surface area contributed by atoms with Crippen molar-refractivity contribution in [3.8, 4) is 5.75 Å². The van der Waals surface area contributed by atoms with Gasteiger partial charge in [-0.05, 0) is 37.3 Å². The molecule has 4 heteroatoms. The molecule has 0 aromatic heterocycles. The second-order valence-corrected chi connectivity index (χ2v) is 4.98. The zero-order chi connectivity index (χ0) is 13.1. The Labute approximate surface area is 107 Å². The molecule has 1 aliphatic rings. The highest BCUT2D eigenvalue weighted by Gasteiger charge is 2.22. The lowest BCUT2D eigenvalue weighted by Gasteiger charge is -2.16. The number of nitrogens with one attached hydrogen (secondary N) is 1. The van der Waals surface area contributed by atoms with Crippen LogP contribution in [-0.4, -0.2) is 24.2 Å². The summed E-state index contributed by atoms with van der Waals surface area (Å²) in [4.78, 5) is 11.2. The molecule has 1 fully saturated rings. The molecule has 98 valence electrons. The van der Waals surface area contributed by atoms with Crippen molar-refractivity contribution in [2.75, 3.05) is 12.4 Å². The lowest BCUT2D eigenvalue weighted by Crippen LogP contribution is -2.17. The Kier molecular flexibility index (Phi) is 3.75. The number of rotatable bonds is 4. The predicted octanol–water partition coefficient (Wildman–Crippen LogP) is 2.99. The van der Waals surface area contributed by atoms with Crippen molar-refractivity contribution in [3.05, 3.63) is 23.8 Å². The number of ether oxygens (including phenoxy) is 1. The largest absolute Gasteiger partial charge is 0.497 e. The first-order valence-corrected chi connectivity index (χ1v) is 6.28. The van der Waals surface area contributed by atoms with Gasteiger partial charge in [0.05, 0.1) is 18.4 Å². The summed E-state index contributed by atoms with van der Waals surface area (Å²) >= 11 is 0. The molecule has 0 amide bonds. The highest BCUT2D eigenvalue weighted by Crippen LogP contribution is 2.30. The maximum absolute atomic E-state index is 11.2. The SMILES string of the molecule is COc1ccc(C(=O)O)c(NC2CCC(C)C2)c1. The van der Waals surface area contributed by atoms with E-state index in [4.69, 9.17) is 4.74 Å². The van der Waals surface area contributed by atoms with Gasteiger partial charge in [-0.3, -0.25) is 0 Å². The summed E-state index contributed by atoms with van der Waals surface area (Å²) in [7, 11) is 1.58. The number of carbonyl (C=O) groups is 1. The van der Waals surface area contributed by atoms with E-state index in [0.29, 0.717) is 29.0 Å². The molecule has 0 aliphatic heterocycles. The number of aromatic carboxylic acids is 1. The minimum Gasteiger partial charge on any atom is -0.497 e. The zero-order valence-electron chi connectivity index (χ0n) is 10.8. The van der Waals surface area contributed by atoms with Crippen molar-refractivity contribution in [1.82, 2.24) is 0 Å². The molecule has 0 spiro atoms. The van der Waals surface area contributed by atoms with Crippen LogP contribution in [-0.2, 0) is 0 Å². The number of hydrogen-bond acceptors (Lipinski definition) is 3. The van der Waals surface area contributed by atoms with Crippen LogP contribution >= 0.6 is 0 Å². The topological polar surface area (TPSA) is 58.6 Å². The van der Waals surface area contributed by atoms with Crippen LogP contribution < -0.4 is 10.1 Å². The molecular formula is C14H19NO3. The van der Waals surface area contributed by atoms with Crippen molar-refractivity contribution in [3.63, 3.8) is 0 Å². The van der Waals surface area contributed by atoms with Crippen LogP contribution in [0.1, 0.15) is 36.5 Å². The third kappa shape index (κ3) is 2.75. The van der Waals surface area contributed by atoms with Crippen LogP contribution in [0.25, 0.3) is 0 Å². The first-order valence-electron chi connectivity index (χ1n) is 6.28. The van der Waals surface area contributed by atoms with Crippen LogP contribution in [0.3, 0.4) is 0 Å². The van der Waals surface area contributed by atoms with Gasteiger partial charge in [-0.15, -0.1) is 0 Å². The highest BCUT2D eigenvalue weighted by atomic mass is 16.5. The van der Waals surface area contributed by atoms with E-state index in [1.165, 1.54) is 6.42 Å². The Morgan fingerprint density at radius 2 is 2.22 bits per heavy atom. The molecule has 0 bridgehead atoms. The molecule has 2 atom stereocenters. The Morgan fingerprint density at radius 1 is 1.44 bits per heavy atom. The summed E-state index contributed by atoms with van der Waals surface area (Å²) in [5.41, 5.74) is 0.955. The maximum Gasteiger partial charge on any atom is 0.337 e. The van der Waals surface area contributed by atoms with Crippen LogP contribution in [0.2, 0.25) is 0 Å². The molecule has 1 aromatic rings. The minimum absolute atomic E-state index is 0.301. The summed E-state index contributed by atoms with van der Waals surface area (Å²) in [6, 6.07) is 5.38. The third-order valence-corrected chi connectivity index (χ3v) is 3.51. The third-order valence-electron chi connectivity index (χ3n) is 3.51. The van der Waals surface area contributed by atoms with Gasteiger partial charge < -0.3 is 15.2 Å². The van der Waals surface area contributed by atoms with Gasteiger partial charge in [-0.2, -0.15) is 0 Å². The summed E-state index contributed by atoms with van der Waals surface area (Å²) in [5.74, 6) is 0.473. The smallest absolute Gasteiger partial charge is 0.337 e. The Balaban J connectivity index is 2.21. The summed E-state index contributed by atoms with van der Waals surface area (Å²) in [6.45, 7) is 2.23. The summed E-state index contributed by atoms with van der Waals surface area (Å²) < 4.78 is 5.14. The number of benzene rings is 1. The molecule has 18 heavy (non-hydrogen) atoms. The monoisotopic (exact) mass is 249 g/mol. The normalized spacial score (nSPS) is 22.8. The summed E-state index contributed by atoms with van der Waals surface area (Å²) in [6.07, 6.45) is 3.39. The van der Waals surface area contributed by atoms with Crippen LogP contribution in [0, 0.1) is 5.92 Å². The van der Waals surface area contributed by atoms with Gasteiger partial charge in [0.15, 0.2) is 0 Å². The molecule has 2 N–H and O–H groups in total. The lowest BCUT2D eigenvalue weighted by molar-refractivity contribution is 0.0698. The molecule has 1 aromatic carbocycles. The zero-order valence-corrected chi connectivity index (χ0v) is 10.8. The van der Waals surface area contributed by atoms with E-state index in [2.05, 4.69) is 12.2 Å². The molecule has 0 heterocycles. The maximum atomic E-state index is 11.2. The van der Waals surface area contributed by atoms with E-state index in [0.717, 1.165) is 12.8 Å². The summed E-state index contributed by atoms with van der Waals surface area (Å²) in [5, 5.41) is 12.5. The number of hydrogen-bond donors (Lipinski definition) is 2. The molecule has 0 radical (unpaired) electrons. The first-order chi connectivity index (χ1) is 8.60. The average molecular weight is 249 g/mol. The minimum atomic E-state index is -0.911. The van der Waals surface area contributed by atoms with E-state index in [9.17, 15) is 9.90 Å². The lowest BCUT2D eigenvalue weighted by atomic mass is 10.1. The van der Waals surface area contributed by atoms with Gasteiger partial charge >= 0.3 is 5.97 Å². The van der Waals surface area contributed by atoms with E-state index in [1.807, 2.05) is 0 Å². The highest BCUT2D eigenvalue weighted by molar-refractivity contribution is 5.94. The average Bonchev–Trinajstić information content (AvgIpc) is 2.74. The van der Waals surface area contributed by atoms with Gasteiger partial charge in [-0.25, -0.2) is 4.79 Å². The van der Waals surface area contributed by atoms with Gasteiger partial charge in [0, 0.05) is 12.1 Å². The molecule has 4 nitrogen and oxygen atoms in total. The molecule has 0 saturated heterocycles. The van der Waals surface area contributed by atoms with Crippen molar-refractivity contribution in [1.29, 1.82) is 0 Å². The fraction of sp³-hybridized carbons (Fsp3) is 0.500. The predicted molar refractivity (Wildman–Crippen MR) is 70.4 cm³/mol. The van der Waals surface area contributed by atoms with Crippen molar-refractivity contribution in [2.45, 2.75) is 32.2 Å². The van der Waals surface area contributed by atoms with Crippen molar-refractivity contribution in [2.24, 2.45) is 5.92 Å². The van der Waals surface area contributed by atoms with E-state index in [1.54, 1.807) is 25.3 Å². The first kappa shape index (κ1) is 12.7. The molecule has 1 aliphatic carbocycles. The molecule has 1 saturated carbocycles. The fourth-order valence-corrected chi connectivity index (χ4v) is 2.51. The van der Waals surface area contributed by atoms with Crippen LogP contribution in [0.4, 0.5) is 5.69 Å².